The highest BCUT2D eigenvalue weighted by molar-refractivity contribution is 5.78. The molecule has 1 amide bonds. The van der Waals surface area contributed by atoms with Gasteiger partial charge in [-0.2, -0.15) is 0 Å². The molecule has 0 aliphatic rings. The molecule has 4 heteroatoms. The average molecular weight is 272 g/mol. The lowest BCUT2D eigenvalue weighted by atomic mass is 10.1. The van der Waals surface area contributed by atoms with Crippen LogP contribution in [0.2, 0.25) is 0 Å². The first-order chi connectivity index (χ1) is 9.56. The van der Waals surface area contributed by atoms with Crippen molar-refractivity contribution in [2.24, 2.45) is 0 Å². The second-order valence-corrected chi connectivity index (χ2v) is 5.04. The van der Waals surface area contributed by atoms with Crippen molar-refractivity contribution in [3.05, 3.63) is 54.0 Å². The minimum absolute atomic E-state index is 0.106. The van der Waals surface area contributed by atoms with Gasteiger partial charge in [0.25, 0.3) is 0 Å². The predicted molar refractivity (Wildman–Crippen MR) is 79.6 cm³/mol. The van der Waals surface area contributed by atoms with Crippen LogP contribution >= 0.6 is 0 Å². The van der Waals surface area contributed by atoms with Crippen LogP contribution in [0.1, 0.15) is 24.3 Å². The van der Waals surface area contributed by atoms with E-state index < -0.39 is 0 Å². The largest absolute Gasteiger partial charge is 0.467 e. The Morgan fingerprint density at radius 1 is 1.25 bits per heavy atom. The van der Waals surface area contributed by atoms with E-state index >= 15 is 0 Å². The zero-order valence-electron chi connectivity index (χ0n) is 12.1. The van der Waals surface area contributed by atoms with Crippen molar-refractivity contribution in [1.82, 2.24) is 4.90 Å². The fraction of sp³-hybridized carbons (Fsp3) is 0.312. The zero-order chi connectivity index (χ0) is 14.5. The Hall–Kier alpha value is -2.23. The lowest BCUT2D eigenvalue weighted by Crippen LogP contribution is -2.23. The van der Waals surface area contributed by atoms with Crippen molar-refractivity contribution in [3.63, 3.8) is 0 Å². The van der Waals surface area contributed by atoms with Crippen LogP contribution in [0.25, 0.3) is 0 Å². The van der Waals surface area contributed by atoms with Crippen molar-refractivity contribution in [2.75, 3.05) is 19.4 Å². The molecule has 0 aliphatic carbocycles. The molecule has 1 aromatic heterocycles. The molecule has 0 fully saturated rings. The average Bonchev–Trinajstić information content (AvgIpc) is 2.95. The summed E-state index contributed by atoms with van der Waals surface area (Å²) >= 11 is 0. The predicted octanol–water partition coefficient (Wildman–Crippen LogP) is 3.08. The first-order valence-corrected chi connectivity index (χ1v) is 6.65. The minimum Gasteiger partial charge on any atom is -0.467 e. The van der Waals surface area contributed by atoms with Crippen molar-refractivity contribution in [2.45, 2.75) is 19.4 Å². The molecule has 0 saturated heterocycles. The van der Waals surface area contributed by atoms with Gasteiger partial charge in [-0.15, -0.1) is 0 Å². The van der Waals surface area contributed by atoms with E-state index in [1.54, 1.807) is 25.3 Å². The number of carbonyl (C=O) groups excluding carboxylic acids is 1. The van der Waals surface area contributed by atoms with Gasteiger partial charge < -0.3 is 14.6 Å². The van der Waals surface area contributed by atoms with Crippen LogP contribution in [0.4, 0.5) is 5.69 Å². The van der Waals surface area contributed by atoms with E-state index in [0.29, 0.717) is 6.42 Å². The number of benzene rings is 1. The van der Waals surface area contributed by atoms with E-state index in [-0.39, 0.29) is 11.9 Å². The third-order valence-corrected chi connectivity index (χ3v) is 3.16. The fourth-order valence-electron chi connectivity index (χ4n) is 1.91. The summed E-state index contributed by atoms with van der Waals surface area (Å²) < 4.78 is 5.36. The maximum Gasteiger partial charge on any atom is 0.226 e. The summed E-state index contributed by atoms with van der Waals surface area (Å²) in [6.45, 7) is 2.04. The summed E-state index contributed by atoms with van der Waals surface area (Å²) in [5.41, 5.74) is 2.02. The molecule has 0 aliphatic heterocycles. The van der Waals surface area contributed by atoms with E-state index in [0.717, 1.165) is 17.0 Å². The van der Waals surface area contributed by atoms with Gasteiger partial charge in [0, 0.05) is 19.8 Å². The molecule has 1 unspecified atom stereocenters. The van der Waals surface area contributed by atoms with Crippen LogP contribution in [-0.2, 0) is 11.2 Å². The van der Waals surface area contributed by atoms with Gasteiger partial charge in [-0.3, -0.25) is 4.79 Å². The highest BCUT2D eigenvalue weighted by Crippen LogP contribution is 2.20. The lowest BCUT2D eigenvalue weighted by Gasteiger charge is -2.14. The summed E-state index contributed by atoms with van der Waals surface area (Å²) in [7, 11) is 3.53. The third kappa shape index (κ3) is 3.63. The minimum atomic E-state index is 0.106. The summed E-state index contributed by atoms with van der Waals surface area (Å²) in [5, 5.41) is 3.36. The van der Waals surface area contributed by atoms with E-state index in [1.807, 2.05) is 43.3 Å². The molecule has 1 atom stereocenters. The number of hydrogen-bond acceptors (Lipinski definition) is 3. The summed E-state index contributed by atoms with van der Waals surface area (Å²) in [6, 6.07) is 11.8. The zero-order valence-corrected chi connectivity index (χ0v) is 12.1. The van der Waals surface area contributed by atoms with E-state index in [1.165, 1.54) is 0 Å². The first kappa shape index (κ1) is 14.2. The molecule has 1 aromatic carbocycles. The number of rotatable bonds is 5. The van der Waals surface area contributed by atoms with Gasteiger partial charge >= 0.3 is 0 Å². The second-order valence-electron chi connectivity index (χ2n) is 5.04. The summed E-state index contributed by atoms with van der Waals surface area (Å²) in [5.74, 6) is 1.01. The van der Waals surface area contributed by atoms with E-state index in [4.69, 9.17) is 4.42 Å². The molecule has 106 valence electrons. The maximum absolute atomic E-state index is 11.6. The van der Waals surface area contributed by atoms with Crippen LogP contribution in [0.15, 0.2) is 47.1 Å². The molecule has 0 radical (unpaired) electrons. The molecular weight excluding hydrogens is 252 g/mol. The van der Waals surface area contributed by atoms with Crippen LogP contribution in [0.5, 0.6) is 0 Å². The summed E-state index contributed by atoms with van der Waals surface area (Å²) in [6.07, 6.45) is 2.10. The Labute approximate surface area is 119 Å². The molecule has 2 rings (SSSR count). The Balaban J connectivity index is 1.96. The van der Waals surface area contributed by atoms with Crippen molar-refractivity contribution >= 4 is 11.6 Å². The molecule has 0 bridgehead atoms. The number of nitrogens with zero attached hydrogens (tertiary/aromatic N) is 1. The number of anilines is 1. The van der Waals surface area contributed by atoms with Crippen LogP contribution in [0.3, 0.4) is 0 Å². The van der Waals surface area contributed by atoms with Crippen LogP contribution in [-0.4, -0.2) is 24.9 Å². The molecule has 1 N–H and O–H groups in total. The quantitative estimate of drug-likeness (QED) is 0.909. The molecule has 20 heavy (non-hydrogen) atoms. The number of furan rings is 1. The van der Waals surface area contributed by atoms with Gasteiger partial charge in [-0.05, 0) is 36.8 Å². The van der Waals surface area contributed by atoms with Crippen molar-refractivity contribution < 1.29 is 9.21 Å². The smallest absolute Gasteiger partial charge is 0.226 e. The maximum atomic E-state index is 11.6. The summed E-state index contributed by atoms with van der Waals surface area (Å²) in [4.78, 5) is 13.2. The highest BCUT2D eigenvalue weighted by atomic mass is 16.3. The molecule has 4 nitrogen and oxygen atoms in total. The first-order valence-electron chi connectivity index (χ1n) is 6.65. The fourth-order valence-corrected chi connectivity index (χ4v) is 1.91. The van der Waals surface area contributed by atoms with Gasteiger partial charge in [-0.25, -0.2) is 0 Å². The van der Waals surface area contributed by atoms with Crippen molar-refractivity contribution in [3.8, 4) is 0 Å². The second kappa shape index (κ2) is 6.28. The van der Waals surface area contributed by atoms with Crippen LogP contribution < -0.4 is 5.32 Å². The Kier molecular flexibility index (Phi) is 4.45. The molecule has 2 aromatic rings. The molecule has 0 spiro atoms. The van der Waals surface area contributed by atoms with Gasteiger partial charge in [0.2, 0.25) is 5.91 Å². The van der Waals surface area contributed by atoms with Crippen molar-refractivity contribution in [1.29, 1.82) is 0 Å². The highest BCUT2D eigenvalue weighted by Gasteiger charge is 2.08. The van der Waals surface area contributed by atoms with E-state index in [2.05, 4.69) is 5.32 Å². The molecular formula is C16H20N2O2. The standard InChI is InChI=1S/C16H20N2O2/c1-12(15-5-4-10-20-15)17-14-8-6-13(7-9-14)11-16(19)18(2)3/h4-10,12,17H,11H2,1-3H3. The third-order valence-electron chi connectivity index (χ3n) is 3.16. The van der Waals surface area contributed by atoms with Crippen LogP contribution in [0, 0.1) is 0 Å². The Morgan fingerprint density at radius 3 is 2.50 bits per heavy atom. The van der Waals surface area contributed by atoms with Gasteiger partial charge in [0.15, 0.2) is 0 Å². The van der Waals surface area contributed by atoms with Gasteiger partial charge in [-0.1, -0.05) is 12.1 Å². The number of carbonyl (C=O) groups is 1. The number of hydrogen-bond donors (Lipinski definition) is 1. The SMILES string of the molecule is CC(Nc1ccc(CC(=O)N(C)C)cc1)c1ccco1. The topological polar surface area (TPSA) is 45.5 Å². The molecule has 1 heterocycles. The number of likely N-dealkylation sites (N-methyl/N-ethyl adjacent to an activating group) is 1. The van der Waals surface area contributed by atoms with Gasteiger partial charge in [0.1, 0.15) is 5.76 Å². The Bertz CT molecular complexity index is 544. The number of nitrogens with one attached hydrogen (secondary N) is 1. The van der Waals surface area contributed by atoms with Gasteiger partial charge in [0.05, 0.1) is 18.7 Å². The van der Waals surface area contributed by atoms with E-state index in [9.17, 15) is 4.79 Å². The lowest BCUT2D eigenvalue weighted by molar-refractivity contribution is -0.127. The molecule has 0 saturated carbocycles. The normalized spacial score (nSPS) is 11.9. The monoisotopic (exact) mass is 272 g/mol. The number of amides is 1. The Morgan fingerprint density at radius 2 is 1.95 bits per heavy atom.